The van der Waals surface area contributed by atoms with E-state index in [1.807, 2.05) is 0 Å². The van der Waals surface area contributed by atoms with Crippen molar-refractivity contribution in [1.29, 1.82) is 0 Å². The van der Waals surface area contributed by atoms with Gasteiger partial charge in [-0.05, 0) is 85.7 Å². The molecule has 3 rings (SSSR count). The predicted octanol–water partition coefficient (Wildman–Crippen LogP) is 9.57. The summed E-state index contributed by atoms with van der Waals surface area (Å²) in [7, 11) is -10.7. The molecular formula is C24H31F6P2Rh-. The molecule has 1 aromatic carbocycles. The molecule has 2 fully saturated rings. The molecule has 9 heteroatoms. The fourth-order valence-electron chi connectivity index (χ4n) is 3.40. The zero-order valence-electron chi connectivity index (χ0n) is 19.6. The Hall–Kier alpha value is 0.283. The first-order chi connectivity index (χ1) is 14.4. The maximum Gasteiger partial charge on any atom is 0 e. The predicted molar refractivity (Wildman–Crippen MR) is 127 cm³/mol. The van der Waals surface area contributed by atoms with Crippen LogP contribution in [0.2, 0.25) is 0 Å². The van der Waals surface area contributed by atoms with Gasteiger partial charge in [0.25, 0.3) is 0 Å². The Morgan fingerprint density at radius 2 is 1.12 bits per heavy atom. The van der Waals surface area contributed by atoms with Crippen LogP contribution in [0.1, 0.15) is 41.0 Å². The Morgan fingerprint density at radius 3 is 1.45 bits per heavy atom. The van der Waals surface area contributed by atoms with Gasteiger partial charge in [-0.1, -0.05) is 72.9 Å². The molecular weight excluding hydrogens is 567 g/mol. The molecule has 11 radical (unpaired) electrons. The summed E-state index contributed by atoms with van der Waals surface area (Å²) >= 11 is 0. The molecule has 1 unspecified atom stereocenters. The van der Waals surface area contributed by atoms with Gasteiger partial charge in [-0.25, -0.2) is 0 Å². The van der Waals surface area contributed by atoms with Crippen LogP contribution in [0.5, 0.6) is 0 Å². The molecule has 2 aliphatic carbocycles. The molecule has 0 aromatic heterocycles. The Balaban J connectivity index is 0.000000486. The molecule has 2 aliphatic rings. The van der Waals surface area contributed by atoms with Crippen molar-refractivity contribution in [2.75, 3.05) is 6.66 Å². The fourth-order valence-corrected chi connectivity index (χ4v) is 5.11. The number of rotatable bonds is 3. The normalized spacial score (nSPS) is 22.7. The van der Waals surface area contributed by atoms with Gasteiger partial charge >= 0.3 is 33.0 Å². The minimum absolute atomic E-state index is 0. The van der Waals surface area contributed by atoms with Crippen LogP contribution in [-0.4, -0.2) is 12.3 Å². The molecule has 0 amide bonds. The molecule has 0 spiro atoms. The second-order valence-electron chi connectivity index (χ2n) is 7.69. The monoisotopic (exact) mass is 598 g/mol. The van der Waals surface area contributed by atoms with Crippen molar-refractivity contribution >= 4 is 21.0 Å². The third-order valence-electron chi connectivity index (χ3n) is 5.40. The summed E-state index contributed by atoms with van der Waals surface area (Å²) in [6, 6.07) is 10.8. The molecule has 0 heterocycles. The molecule has 0 nitrogen and oxygen atoms in total. The van der Waals surface area contributed by atoms with E-state index in [2.05, 4.69) is 104 Å². The van der Waals surface area contributed by atoms with E-state index < -0.39 is 7.81 Å². The van der Waals surface area contributed by atoms with Crippen molar-refractivity contribution in [1.82, 2.24) is 0 Å². The van der Waals surface area contributed by atoms with Crippen molar-refractivity contribution in [3.05, 3.63) is 92.0 Å². The van der Waals surface area contributed by atoms with Crippen LogP contribution in [0, 0.1) is 61.7 Å². The second-order valence-corrected chi connectivity index (χ2v) is 11.9. The van der Waals surface area contributed by atoms with Gasteiger partial charge in [0.2, 0.25) is 0 Å². The summed E-state index contributed by atoms with van der Waals surface area (Å²) in [5.41, 5.74) is 0.609. The van der Waals surface area contributed by atoms with E-state index >= 15 is 0 Å². The molecule has 0 N–H and O–H groups in total. The number of halogens is 6. The average molecular weight is 598 g/mol. The Kier molecular flexibility index (Phi) is 12.6. The average Bonchev–Trinajstić information content (AvgIpc) is 2.89. The third-order valence-corrected chi connectivity index (χ3v) is 7.75. The summed E-state index contributed by atoms with van der Waals surface area (Å²) in [5, 5.41) is 1.48. The van der Waals surface area contributed by atoms with Gasteiger partial charge in [-0.2, -0.15) is 0 Å². The van der Waals surface area contributed by atoms with E-state index in [1.165, 1.54) is 35.4 Å². The quantitative estimate of drug-likeness (QED) is 0.185. The van der Waals surface area contributed by atoms with Crippen molar-refractivity contribution < 1.29 is 44.7 Å². The van der Waals surface area contributed by atoms with Crippen LogP contribution in [0.15, 0.2) is 30.3 Å². The molecule has 0 bridgehead atoms. The van der Waals surface area contributed by atoms with Gasteiger partial charge in [-0.15, -0.1) is 0 Å². The summed E-state index contributed by atoms with van der Waals surface area (Å²) in [6.07, 6.45) is 12.1. The van der Waals surface area contributed by atoms with E-state index in [4.69, 9.17) is 0 Å². The largest absolute Gasteiger partial charge is 0 e. The Labute approximate surface area is 210 Å². The summed E-state index contributed by atoms with van der Waals surface area (Å²) in [6.45, 7) is 13.5. The number of hydrogen-bond donors (Lipinski definition) is 0. The molecule has 0 saturated heterocycles. The van der Waals surface area contributed by atoms with Crippen molar-refractivity contribution in [3.63, 3.8) is 0 Å². The first-order valence-corrected chi connectivity index (χ1v) is 14.1. The number of hydrogen-bond acceptors (Lipinski definition) is 0. The molecule has 1 atom stereocenters. The minimum Gasteiger partial charge on any atom is 0 e. The zero-order chi connectivity index (χ0) is 24.8. The molecule has 0 aliphatic heterocycles. The van der Waals surface area contributed by atoms with Crippen LogP contribution >= 0.6 is 15.7 Å². The van der Waals surface area contributed by atoms with Crippen LogP contribution < -0.4 is 5.30 Å². The fraction of sp³-hybridized carbons (Fsp3) is 0.333. The van der Waals surface area contributed by atoms with Gasteiger partial charge in [0.05, 0.1) is 0 Å². The van der Waals surface area contributed by atoms with Crippen LogP contribution in [-0.2, 0) is 19.5 Å². The van der Waals surface area contributed by atoms with Gasteiger partial charge < -0.3 is 0 Å². The van der Waals surface area contributed by atoms with E-state index in [-0.39, 0.29) is 27.4 Å². The maximum absolute atomic E-state index is 10.7. The van der Waals surface area contributed by atoms with Crippen molar-refractivity contribution in [3.8, 4) is 0 Å². The molecule has 33 heavy (non-hydrogen) atoms. The topological polar surface area (TPSA) is 0 Å². The Bertz CT molecular complexity index is 652. The zero-order valence-corrected chi connectivity index (χ0v) is 23.0. The van der Waals surface area contributed by atoms with Crippen molar-refractivity contribution in [2.24, 2.45) is 0 Å². The smallest absolute Gasteiger partial charge is 0 e. The van der Waals surface area contributed by atoms with Crippen molar-refractivity contribution in [2.45, 2.75) is 46.7 Å². The molecule has 2 saturated carbocycles. The maximum atomic E-state index is 9.87. The first-order valence-electron chi connectivity index (χ1n) is 10.2. The molecule has 1 aromatic rings. The van der Waals surface area contributed by atoms with Gasteiger partial charge in [0, 0.05) is 19.5 Å². The summed E-state index contributed by atoms with van der Waals surface area (Å²) < 4.78 is 59.2. The van der Waals surface area contributed by atoms with E-state index in [1.54, 1.807) is 5.92 Å². The Morgan fingerprint density at radius 1 is 0.727 bits per heavy atom. The van der Waals surface area contributed by atoms with E-state index in [9.17, 15) is 25.2 Å². The third kappa shape index (κ3) is 13.8. The van der Waals surface area contributed by atoms with Crippen LogP contribution in [0.4, 0.5) is 25.2 Å². The summed E-state index contributed by atoms with van der Waals surface area (Å²) in [5.74, 6) is 7.53. The van der Waals surface area contributed by atoms with E-state index in [0.29, 0.717) is 5.66 Å². The first kappa shape index (κ1) is 33.3. The standard InChI is InChI=1S/C13H14P.C11H17.F6P.Rh/c1-14(12-8-4-2-5-9-12)13-10-6-3-7-11-13;1-6-11-9(4)7(2)8(3)10(11)5;1-7(2,3,4,5)6;/h2-12H,1H3;6H2,1-5H3;;/q;;-1;. The van der Waals surface area contributed by atoms with Gasteiger partial charge in [0.15, 0.2) is 0 Å². The molecule has 189 valence electrons. The van der Waals surface area contributed by atoms with Crippen LogP contribution in [0.25, 0.3) is 0 Å². The number of benzene rings is 1. The van der Waals surface area contributed by atoms with E-state index in [0.717, 1.165) is 0 Å². The second kappa shape index (κ2) is 12.5. The minimum atomic E-state index is -10.7. The van der Waals surface area contributed by atoms with Crippen LogP contribution in [0.3, 0.4) is 0 Å². The summed E-state index contributed by atoms with van der Waals surface area (Å²) in [4.78, 5) is 0. The van der Waals surface area contributed by atoms with Gasteiger partial charge in [-0.3, -0.25) is 0 Å². The SMILES string of the molecule is CC[C]1[C](C)[C](C)[C](C)[C]1C.CP(c1ccccc1)C1[CH][CH][CH][CH][CH]1.F[P-](F)(F)(F)(F)F.[Rh]. The van der Waals surface area contributed by atoms with Gasteiger partial charge in [0.1, 0.15) is 0 Å².